The Morgan fingerprint density at radius 3 is 2.33 bits per heavy atom. The highest BCUT2D eigenvalue weighted by Crippen LogP contribution is 1.97. The van der Waals surface area contributed by atoms with Crippen LogP contribution < -0.4 is 10.6 Å². The fourth-order valence-corrected chi connectivity index (χ4v) is 0.621. The lowest BCUT2D eigenvalue weighted by Gasteiger charge is -2.25. The maximum absolute atomic E-state index is 9.95. The van der Waals surface area contributed by atoms with Gasteiger partial charge in [0.2, 0.25) is 6.41 Å². The summed E-state index contributed by atoms with van der Waals surface area (Å²) in [6, 6.07) is 0. The van der Waals surface area contributed by atoms with Gasteiger partial charge in [0.25, 0.3) is 0 Å². The third-order valence-corrected chi connectivity index (χ3v) is 1.32. The van der Waals surface area contributed by atoms with Gasteiger partial charge < -0.3 is 5.32 Å². The van der Waals surface area contributed by atoms with Crippen LogP contribution >= 0.6 is 0 Å². The lowest BCUT2D eigenvalue weighted by atomic mass is 10.1. The molecule has 4 heteroatoms. The van der Waals surface area contributed by atoms with Gasteiger partial charge in [-0.25, -0.2) is 0 Å². The zero-order chi connectivity index (χ0) is 9.61. The van der Waals surface area contributed by atoms with Gasteiger partial charge in [0.1, 0.15) is 0 Å². The van der Waals surface area contributed by atoms with E-state index >= 15 is 0 Å². The highest BCUT2D eigenvalue weighted by Gasteiger charge is 2.08. The van der Waals surface area contributed by atoms with Gasteiger partial charge in [-0.2, -0.15) is 0 Å². The molecule has 4 nitrogen and oxygen atoms in total. The molecule has 0 rings (SSSR count). The van der Waals surface area contributed by atoms with Gasteiger partial charge in [0.05, 0.1) is 6.67 Å². The molecule has 0 aromatic rings. The second-order valence-electron chi connectivity index (χ2n) is 3.92. The Morgan fingerprint density at radius 2 is 1.92 bits per heavy atom. The summed E-state index contributed by atoms with van der Waals surface area (Å²) in [6.07, 6.45) is 0.702. The van der Waals surface area contributed by atoms with Gasteiger partial charge in [-0.3, -0.25) is 15.0 Å². The van der Waals surface area contributed by atoms with Gasteiger partial charge in [-0.15, -0.1) is 0 Å². The quantitative estimate of drug-likeness (QED) is 0.453. The van der Waals surface area contributed by atoms with E-state index in [2.05, 4.69) is 31.4 Å². The van der Waals surface area contributed by atoms with Crippen LogP contribution in [0.25, 0.3) is 0 Å². The maximum Gasteiger partial charge on any atom is 0.208 e. The topological polar surface area (TPSA) is 44.4 Å². The molecule has 0 aromatic carbocycles. The summed E-state index contributed by atoms with van der Waals surface area (Å²) in [4.78, 5) is 11.9. The molecule has 0 saturated heterocycles. The number of nitrogens with one attached hydrogen (secondary N) is 2. The third-order valence-electron chi connectivity index (χ3n) is 1.32. The minimum absolute atomic E-state index is 0.120. The van der Waals surface area contributed by atoms with Gasteiger partial charge in [0.15, 0.2) is 0 Å². The number of carbonyl (C=O) groups is 1. The molecule has 0 aliphatic carbocycles. The molecule has 0 atom stereocenters. The van der Waals surface area contributed by atoms with Crippen molar-refractivity contribution in [1.29, 1.82) is 0 Å². The largest absolute Gasteiger partial charge is 0.346 e. The lowest BCUT2D eigenvalue weighted by molar-refractivity contribution is -0.110. The van der Waals surface area contributed by atoms with Crippen molar-refractivity contribution in [2.45, 2.75) is 26.3 Å². The van der Waals surface area contributed by atoms with Crippen molar-refractivity contribution in [2.75, 3.05) is 20.4 Å². The molecule has 0 aliphatic heterocycles. The van der Waals surface area contributed by atoms with Gasteiger partial charge >= 0.3 is 0 Å². The molecule has 0 spiro atoms. The summed E-state index contributed by atoms with van der Waals surface area (Å²) in [5.41, 5.74) is 0.120. The second-order valence-corrected chi connectivity index (χ2v) is 3.92. The van der Waals surface area contributed by atoms with Crippen molar-refractivity contribution < 1.29 is 4.79 Å². The van der Waals surface area contributed by atoms with E-state index in [1.54, 1.807) is 0 Å². The van der Waals surface area contributed by atoms with Crippen LogP contribution in [0.1, 0.15) is 20.8 Å². The van der Waals surface area contributed by atoms with E-state index in [1.165, 1.54) is 0 Å². The first-order chi connectivity index (χ1) is 5.45. The summed E-state index contributed by atoms with van der Waals surface area (Å²) >= 11 is 0. The van der Waals surface area contributed by atoms with Crippen LogP contribution in [0.15, 0.2) is 0 Å². The number of amides is 1. The first-order valence-electron chi connectivity index (χ1n) is 4.06. The normalized spacial score (nSPS) is 11.8. The van der Waals surface area contributed by atoms with Crippen LogP contribution in [0.5, 0.6) is 0 Å². The Bertz CT molecular complexity index is 131. The molecular formula is C8H19N3O. The predicted molar refractivity (Wildman–Crippen MR) is 49.6 cm³/mol. The molecule has 0 saturated carbocycles. The summed E-state index contributed by atoms with van der Waals surface area (Å²) in [5, 5.41) is 5.89. The van der Waals surface area contributed by atoms with Crippen LogP contribution in [0.4, 0.5) is 0 Å². The number of hydrogen-bond acceptors (Lipinski definition) is 3. The number of carbonyl (C=O) groups excluding carboxylic acids is 1. The smallest absolute Gasteiger partial charge is 0.208 e. The summed E-state index contributed by atoms with van der Waals surface area (Å²) in [5.74, 6) is 0. The monoisotopic (exact) mass is 173 g/mol. The molecule has 0 aliphatic rings. The van der Waals surface area contributed by atoms with Gasteiger partial charge in [-0.05, 0) is 27.8 Å². The molecular weight excluding hydrogens is 154 g/mol. The van der Waals surface area contributed by atoms with Crippen LogP contribution in [0.3, 0.4) is 0 Å². The molecule has 0 bridgehead atoms. The fourth-order valence-electron chi connectivity index (χ4n) is 0.621. The van der Waals surface area contributed by atoms with Crippen molar-refractivity contribution in [3.63, 3.8) is 0 Å². The number of nitrogens with zero attached hydrogens (tertiary/aromatic N) is 1. The molecule has 2 N–H and O–H groups in total. The summed E-state index contributed by atoms with van der Waals surface area (Å²) < 4.78 is 0. The fraction of sp³-hybridized carbons (Fsp3) is 0.875. The minimum Gasteiger partial charge on any atom is -0.346 e. The van der Waals surface area contributed by atoms with E-state index in [0.717, 1.165) is 6.67 Å². The Balaban J connectivity index is 3.43. The molecule has 0 heterocycles. The van der Waals surface area contributed by atoms with Gasteiger partial charge in [0, 0.05) is 12.2 Å². The molecule has 1 amide bonds. The molecule has 0 unspecified atom stereocenters. The van der Waals surface area contributed by atoms with Crippen molar-refractivity contribution in [1.82, 2.24) is 15.5 Å². The zero-order valence-corrected chi connectivity index (χ0v) is 8.35. The Hall–Kier alpha value is -0.610. The van der Waals surface area contributed by atoms with Crippen molar-refractivity contribution >= 4 is 6.41 Å². The molecule has 0 fully saturated rings. The van der Waals surface area contributed by atoms with E-state index in [-0.39, 0.29) is 5.54 Å². The maximum atomic E-state index is 9.95. The number of hydrogen-bond donors (Lipinski definition) is 2. The van der Waals surface area contributed by atoms with E-state index in [9.17, 15) is 4.79 Å². The highest BCUT2D eigenvalue weighted by molar-refractivity contribution is 5.45. The van der Waals surface area contributed by atoms with Crippen LogP contribution in [0, 0.1) is 0 Å². The lowest BCUT2D eigenvalue weighted by Crippen LogP contribution is -2.45. The third kappa shape index (κ3) is 7.50. The molecule has 72 valence electrons. The minimum atomic E-state index is 0.120. The Kier molecular flexibility index (Phi) is 4.85. The molecule has 12 heavy (non-hydrogen) atoms. The first kappa shape index (κ1) is 11.4. The zero-order valence-electron chi connectivity index (χ0n) is 8.35. The molecule has 0 radical (unpaired) electrons. The van der Waals surface area contributed by atoms with Crippen molar-refractivity contribution in [3.8, 4) is 0 Å². The first-order valence-corrected chi connectivity index (χ1v) is 4.06. The van der Waals surface area contributed by atoms with E-state index in [1.807, 2.05) is 11.9 Å². The Labute approximate surface area is 74.3 Å². The molecule has 0 aromatic heterocycles. The van der Waals surface area contributed by atoms with Gasteiger partial charge in [-0.1, -0.05) is 0 Å². The average Bonchev–Trinajstić information content (AvgIpc) is 1.95. The van der Waals surface area contributed by atoms with Crippen LogP contribution in [-0.4, -0.2) is 37.2 Å². The summed E-state index contributed by atoms with van der Waals surface area (Å²) in [7, 11) is 1.94. The average molecular weight is 173 g/mol. The SMILES string of the molecule is CN(CNC=O)CNC(C)(C)C. The standard InChI is InChI=1S/C8H19N3O/c1-8(2,3)10-6-11(4)5-9-7-12/h7,10H,5-6H2,1-4H3,(H,9,12). The predicted octanol–water partition coefficient (Wildman–Crippen LogP) is -0.0327. The summed E-state index contributed by atoms with van der Waals surface area (Å²) in [6.45, 7) is 7.66. The van der Waals surface area contributed by atoms with Crippen molar-refractivity contribution in [2.24, 2.45) is 0 Å². The van der Waals surface area contributed by atoms with Crippen molar-refractivity contribution in [3.05, 3.63) is 0 Å². The second kappa shape index (κ2) is 5.11. The van der Waals surface area contributed by atoms with E-state index in [4.69, 9.17) is 0 Å². The Morgan fingerprint density at radius 1 is 1.33 bits per heavy atom. The van der Waals surface area contributed by atoms with E-state index in [0.29, 0.717) is 13.1 Å². The van der Waals surface area contributed by atoms with Crippen LogP contribution in [-0.2, 0) is 4.79 Å². The number of rotatable bonds is 5. The van der Waals surface area contributed by atoms with E-state index < -0.39 is 0 Å². The van der Waals surface area contributed by atoms with Crippen LogP contribution in [0.2, 0.25) is 0 Å². The highest BCUT2D eigenvalue weighted by atomic mass is 16.1.